The largest absolute Gasteiger partial charge is 0.463 e. The lowest BCUT2D eigenvalue weighted by Crippen LogP contribution is -2.31. The summed E-state index contributed by atoms with van der Waals surface area (Å²) in [7, 11) is 0. The summed E-state index contributed by atoms with van der Waals surface area (Å²) < 4.78 is 5.58. The summed E-state index contributed by atoms with van der Waals surface area (Å²) in [5.74, 6) is 0.649. The molecule has 0 aliphatic heterocycles. The highest BCUT2D eigenvalue weighted by Crippen LogP contribution is 2.24. The molecular weight excluding hydrogens is 478 g/mol. The first-order valence-electron chi connectivity index (χ1n) is 17.0. The first kappa shape index (κ1) is 37.8. The molecule has 2 atom stereocenters. The first-order chi connectivity index (χ1) is 18.8. The zero-order valence-corrected chi connectivity index (χ0v) is 27.0. The summed E-state index contributed by atoms with van der Waals surface area (Å²) in [6.07, 6.45) is 33.3. The number of nitrogens with one attached hydrogen (secondary N) is 1. The van der Waals surface area contributed by atoms with Crippen molar-refractivity contribution in [1.82, 2.24) is 5.32 Å². The Kier molecular flexibility index (Phi) is 26.1. The Hall–Kier alpha value is -1.25. The lowest BCUT2D eigenvalue weighted by atomic mass is 9.87. The minimum absolute atomic E-state index is 0.0697. The van der Waals surface area contributed by atoms with E-state index in [2.05, 4.69) is 46.2 Å². The molecular formula is C36H69NO2. The number of ether oxygens (including phenoxy) is 1. The van der Waals surface area contributed by atoms with Crippen molar-refractivity contribution in [2.45, 2.75) is 181 Å². The third-order valence-corrected chi connectivity index (χ3v) is 8.36. The van der Waals surface area contributed by atoms with Crippen molar-refractivity contribution in [2.75, 3.05) is 6.61 Å². The second-order valence-corrected chi connectivity index (χ2v) is 12.9. The minimum atomic E-state index is -0.0697. The highest BCUT2D eigenvalue weighted by Gasteiger charge is 2.14. The van der Waals surface area contributed by atoms with Gasteiger partial charge in [-0.05, 0) is 43.2 Å². The van der Waals surface area contributed by atoms with Crippen LogP contribution in [0, 0.1) is 11.3 Å². The van der Waals surface area contributed by atoms with Crippen molar-refractivity contribution in [3.8, 4) is 0 Å². The van der Waals surface area contributed by atoms with E-state index in [0.717, 1.165) is 38.0 Å². The molecule has 2 unspecified atom stereocenters. The van der Waals surface area contributed by atoms with Crippen molar-refractivity contribution in [3.05, 3.63) is 25.4 Å². The van der Waals surface area contributed by atoms with E-state index in [9.17, 15) is 4.79 Å². The summed E-state index contributed by atoms with van der Waals surface area (Å²) in [4.78, 5) is 12.2. The topological polar surface area (TPSA) is 38.3 Å². The maximum absolute atomic E-state index is 12.2. The van der Waals surface area contributed by atoms with Gasteiger partial charge in [0.15, 0.2) is 0 Å². The van der Waals surface area contributed by atoms with E-state index < -0.39 is 0 Å². The van der Waals surface area contributed by atoms with Crippen molar-refractivity contribution >= 4 is 5.97 Å². The highest BCUT2D eigenvalue weighted by atomic mass is 16.5. The Morgan fingerprint density at radius 1 is 0.744 bits per heavy atom. The molecule has 0 aromatic heterocycles. The zero-order valence-electron chi connectivity index (χ0n) is 27.0. The first-order valence-corrected chi connectivity index (χ1v) is 17.0. The molecule has 0 radical (unpaired) electrons. The van der Waals surface area contributed by atoms with Crippen LogP contribution in [0.4, 0.5) is 0 Å². The smallest absolute Gasteiger partial charge is 0.305 e. The number of carbonyl (C=O) groups excluding carboxylic acids is 1. The molecule has 0 spiro atoms. The van der Waals surface area contributed by atoms with Gasteiger partial charge in [-0.15, -0.1) is 6.58 Å². The summed E-state index contributed by atoms with van der Waals surface area (Å²) in [5, 5.41) is 3.29. The van der Waals surface area contributed by atoms with Crippen molar-refractivity contribution in [1.29, 1.82) is 0 Å². The standard InChI is InChI=1S/C36H69NO2/c1-7-10-11-12-13-14-15-16-17-18-19-20-21-22-24-27-33(4)29-30-34(37-9-3)32-39-35(38)28-25-23-26-31-36(5,6)8-2/h8-9,33-34,37H,2-3,7,10-32H2,1,4-6H3. The molecule has 0 aliphatic rings. The van der Waals surface area contributed by atoms with Crippen molar-refractivity contribution in [3.63, 3.8) is 0 Å². The van der Waals surface area contributed by atoms with E-state index >= 15 is 0 Å². The normalized spacial score (nSPS) is 13.1. The van der Waals surface area contributed by atoms with Gasteiger partial charge >= 0.3 is 5.97 Å². The molecule has 0 rings (SSSR count). The predicted molar refractivity (Wildman–Crippen MR) is 173 cm³/mol. The molecule has 0 aromatic rings. The minimum Gasteiger partial charge on any atom is -0.463 e. The van der Waals surface area contributed by atoms with Gasteiger partial charge in [0.25, 0.3) is 0 Å². The second-order valence-electron chi connectivity index (χ2n) is 12.9. The van der Waals surface area contributed by atoms with Gasteiger partial charge in [0, 0.05) is 6.42 Å². The Balaban J connectivity index is 3.69. The number of carbonyl (C=O) groups is 1. The van der Waals surface area contributed by atoms with Crippen LogP contribution >= 0.6 is 0 Å². The lowest BCUT2D eigenvalue weighted by molar-refractivity contribution is -0.144. The van der Waals surface area contributed by atoms with Gasteiger partial charge in [-0.25, -0.2) is 0 Å². The lowest BCUT2D eigenvalue weighted by Gasteiger charge is -2.20. The fourth-order valence-corrected chi connectivity index (χ4v) is 5.27. The molecule has 0 amide bonds. The third kappa shape index (κ3) is 26.7. The highest BCUT2D eigenvalue weighted by molar-refractivity contribution is 5.69. The fourth-order valence-electron chi connectivity index (χ4n) is 5.27. The van der Waals surface area contributed by atoms with Gasteiger partial charge in [-0.2, -0.15) is 0 Å². The van der Waals surface area contributed by atoms with Gasteiger partial charge in [0.2, 0.25) is 0 Å². The summed E-state index contributed by atoms with van der Waals surface area (Å²) in [6, 6.07) is 0.170. The second kappa shape index (κ2) is 26.9. The van der Waals surface area contributed by atoms with Crippen LogP contribution in [-0.2, 0) is 9.53 Å². The Bertz CT molecular complexity index is 570. The summed E-state index contributed by atoms with van der Waals surface area (Å²) >= 11 is 0. The predicted octanol–water partition coefficient (Wildman–Crippen LogP) is 11.5. The van der Waals surface area contributed by atoms with Crippen LogP contribution in [0.1, 0.15) is 175 Å². The molecule has 3 heteroatoms. The van der Waals surface area contributed by atoms with Crippen LogP contribution in [0.3, 0.4) is 0 Å². The van der Waals surface area contributed by atoms with Gasteiger partial charge in [-0.1, -0.05) is 156 Å². The SMILES string of the molecule is C=CNC(CCC(C)CCCCCCCCCCCCCCCCC)COC(=O)CCCCCC(C)(C)C=C. The van der Waals surface area contributed by atoms with E-state index in [1.54, 1.807) is 6.20 Å². The van der Waals surface area contributed by atoms with Crippen LogP contribution in [0.15, 0.2) is 25.4 Å². The summed E-state index contributed by atoms with van der Waals surface area (Å²) in [5.41, 5.74) is 0.188. The van der Waals surface area contributed by atoms with E-state index in [1.165, 1.54) is 109 Å². The number of rotatable bonds is 30. The molecule has 0 bridgehead atoms. The van der Waals surface area contributed by atoms with E-state index in [1.807, 2.05) is 6.08 Å². The molecule has 39 heavy (non-hydrogen) atoms. The van der Waals surface area contributed by atoms with Crippen LogP contribution in [0.25, 0.3) is 0 Å². The molecule has 0 saturated heterocycles. The van der Waals surface area contributed by atoms with Crippen LogP contribution in [-0.4, -0.2) is 18.6 Å². The summed E-state index contributed by atoms with van der Waals surface area (Å²) in [6.45, 7) is 17.2. The van der Waals surface area contributed by atoms with E-state index in [-0.39, 0.29) is 17.4 Å². The maximum atomic E-state index is 12.2. The molecule has 0 saturated carbocycles. The zero-order chi connectivity index (χ0) is 29.0. The van der Waals surface area contributed by atoms with Gasteiger partial charge < -0.3 is 10.1 Å². The van der Waals surface area contributed by atoms with E-state index in [0.29, 0.717) is 13.0 Å². The van der Waals surface area contributed by atoms with Gasteiger partial charge in [0.05, 0.1) is 6.04 Å². The number of hydrogen-bond acceptors (Lipinski definition) is 3. The third-order valence-electron chi connectivity index (χ3n) is 8.36. The monoisotopic (exact) mass is 548 g/mol. The van der Waals surface area contributed by atoms with Crippen LogP contribution < -0.4 is 5.32 Å². The Morgan fingerprint density at radius 3 is 1.77 bits per heavy atom. The Morgan fingerprint density at radius 2 is 1.26 bits per heavy atom. The van der Waals surface area contributed by atoms with Crippen LogP contribution in [0.5, 0.6) is 0 Å². The average molecular weight is 548 g/mol. The Labute approximate surface area is 245 Å². The maximum Gasteiger partial charge on any atom is 0.305 e. The molecule has 1 N–H and O–H groups in total. The number of esters is 1. The molecule has 0 aromatic carbocycles. The molecule has 0 aliphatic carbocycles. The quantitative estimate of drug-likeness (QED) is 0.0552. The number of allylic oxidation sites excluding steroid dienone is 1. The molecule has 0 heterocycles. The number of unbranched alkanes of at least 4 members (excludes halogenated alkanes) is 16. The average Bonchev–Trinajstić information content (AvgIpc) is 2.92. The van der Waals surface area contributed by atoms with Crippen LogP contribution in [0.2, 0.25) is 0 Å². The number of hydrogen-bond donors (Lipinski definition) is 1. The molecule has 230 valence electrons. The van der Waals surface area contributed by atoms with Gasteiger partial charge in [0.1, 0.15) is 6.61 Å². The molecule has 3 nitrogen and oxygen atoms in total. The van der Waals surface area contributed by atoms with Gasteiger partial charge in [-0.3, -0.25) is 4.79 Å². The van der Waals surface area contributed by atoms with E-state index in [4.69, 9.17) is 4.74 Å². The van der Waals surface area contributed by atoms with Crippen molar-refractivity contribution < 1.29 is 9.53 Å². The van der Waals surface area contributed by atoms with Crippen molar-refractivity contribution in [2.24, 2.45) is 11.3 Å². The fraction of sp³-hybridized carbons (Fsp3) is 0.861. The molecule has 0 fully saturated rings.